The fourth-order valence-electron chi connectivity index (χ4n) is 1.81. The lowest BCUT2D eigenvalue weighted by atomic mass is 10.0. The van der Waals surface area contributed by atoms with Gasteiger partial charge in [0.2, 0.25) is 0 Å². The van der Waals surface area contributed by atoms with Crippen molar-refractivity contribution < 1.29 is 9.53 Å². The van der Waals surface area contributed by atoms with Crippen molar-refractivity contribution in [1.82, 2.24) is 4.98 Å². The van der Waals surface area contributed by atoms with Crippen molar-refractivity contribution in [3.05, 3.63) is 36.0 Å². The average Bonchev–Trinajstić information content (AvgIpc) is 2.75. The molecule has 4 nitrogen and oxygen atoms in total. The predicted octanol–water partition coefficient (Wildman–Crippen LogP) is 2.54. The van der Waals surface area contributed by atoms with Crippen LogP contribution in [0.15, 0.2) is 30.5 Å². The number of halogens is 1. The third-order valence-electron chi connectivity index (χ3n) is 2.70. The second-order valence-electron chi connectivity index (χ2n) is 3.94. The maximum absolute atomic E-state index is 11.3. The van der Waals surface area contributed by atoms with Crippen LogP contribution < -0.4 is 5.73 Å². The minimum atomic E-state index is -0.318. The molecule has 1 heterocycles. The van der Waals surface area contributed by atoms with Crippen LogP contribution in [0.5, 0.6) is 0 Å². The van der Waals surface area contributed by atoms with Gasteiger partial charge >= 0.3 is 5.97 Å². The number of benzene rings is 1. The number of rotatable bonds is 4. The summed E-state index contributed by atoms with van der Waals surface area (Å²) in [5.41, 5.74) is 7.94. The highest BCUT2D eigenvalue weighted by Crippen LogP contribution is 2.20. The highest BCUT2D eigenvalue weighted by atomic mass is 35.5. The lowest BCUT2D eigenvalue weighted by molar-refractivity contribution is -0.143. The van der Waals surface area contributed by atoms with Crippen molar-refractivity contribution in [3.8, 4) is 0 Å². The zero-order valence-corrected chi connectivity index (χ0v) is 11.0. The quantitative estimate of drug-likeness (QED) is 0.838. The van der Waals surface area contributed by atoms with Crippen molar-refractivity contribution in [2.75, 3.05) is 6.61 Å². The van der Waals surface area contributed by atoms with Crippen molar-refractivity contribution in [3.63, 3.8) is 0 Å². The monoisotopic (exact) mass is 268 g/mol. The Kier molecular flexibility index (Phi) is 5.19. The van der Waals surface area contributed by atoms with Crippen LogP contribution in [0.25, 0.3) is 10.9 Å². The Hall–Kier alpha value is -1.52. The fourth-order valence-corrected chi connectivity index (χ4v) is 1.81. The van der Waals surface area contributed by atoms with Gasteiger partial charge in [-0.2, -0.15) is 0 Å². The molecule has 5 heteroatoms. The zero-order valence-electron chi connectivity index (χ0n) is 10.2. The van der Waals surface area contributed by atoms with Gasteiger partial charge in [-0.1, -0.05) is 12.1 Å². The fraction of sp³-hybridized carbons (Fsp3) is 0.308. The smallest absolute Gasteiger partial charge is 0.307 e. The van der Waals surface area contributed by atoms with Gasteiger partial charge < -0.3 is 15.5 Å². The molecule has 1 atom stereocenters. The van der Waals surface area contributed by atoms with E-state index in [1.807, 2.05) is 30.5 Å². The molecule has 98 valence electrons. The van der Waals surface area contributed by atoms with E-state index in [1.54, 1.807) is 6.92 Å². The van der Waals surface area contributed by atoms with Gasteiger partial charge in [-0.05, 0) is 30.0 Å². The largest absolute Gasteiger partial charge is 0.466 e. The highest BCUT2D eigenvalue weighted by molar-refractivity contribution is 5.85. The maximum Gasteiger partial charge on any atom is 0.307 e. The van der Waals surface area contributed by atoms with E-state index in [1.165, 1.54) is 0 Å². The number of fused-ring (bicyclic) bond motifs is 1. The van der Waals surface area contributed by atoms with E-state index in [-0.39, 0.29) is 30.8 Å². The second kappa shape index (κ2) is 6.42. The number of carbonyl (C=O) groups is 1. The van der Waals surface area contributed by atoms with Gasteiger partial charge in [0.25, 0.3) is 0 Å². The molecule has 2 rings (SSSR count). The summed E-state index contributed by atoms with van der Waals surface area (Å²) in [6, 6.07) is 7.59. The summed E-state index contributed by atoms with van der Waals surface area (Å²) in [7, 11) is 0. The van der Waals surface area contributed by atoms with Crippen LogP contribution in [0.4, 0.5) is 0 Å². The Bertz CT molecular complexity index is 524. The second-order valence-corrected chi connectivity index (χ2v) is 3.94. The van der Waals surface area contributed by atoms with Gasteiger partial charge in [-0.25, -0.2) is 0 Å². The topological polar surface area (TPSA) is 68.1 Å². The van der Waals surface area contributed by atoms with Crippen LogP contribution in [-0.4, -0.2) is 17.6 Å². The van der Waals surface area contributed by atoms with Crippen molar-refractivity contribution in [1.29, 1.82) is 0 Å². The lowest BCUT2D eigenvalue weighted by Crippen LogP contribution is -2.17. The Morgan fingerprint density at radius 1 is 1.44 bits per heavy atom. The molecule has 0 saturated heterocycles. The first-order chi connectivity index (χ1) is 8.20. The Labute approximate surface area is 112 Å². The van der Waals surface area contributed by atoms with E-state index >= 15 is 0 Å². The number of nitrogens with one attached hydrogen (secondary N) is 1. The first-order valence-corrected chi connectivity index (χ1v) is 5.69. The molecular formula is C13H17ClN2O2. The minimum absolute atomic E-state index is 0. The Morgan fingerprint density at radius 2 is 2.22 bits per heavy atom. The summed E-state index contributed by atoms with van der Waals surface area (Å²) in [6.45, 7) is 2.18. The minimum Gasteiger partial charge on any atom is -0.466 e. The number of ether oxygens (including phenoxy) is 1. The Balaban J connectivity index is 0.00000162. The van der Waals surface area contributed by atoms with Crippen LogP contribution >= 0.6 is 12.4 Å². The summed E-state index contributed by atoms with van der Waals surface area (Å²) >= 11 is 0. The number of aromatic nitrogens is 1. The van der Waals surface area contributed by atoms with Crippen molar-refractivity contribution >= 4 is 29.3 Å². The number of carbonyl (C=O) groups excluding carboxylic acids is 1. The number of aromatic amines is 1. The number of H-pyrrole nitrogens is 1. The van der Waals surface area contributed by atoms with Gasteiger partial charge in [0.1, 0.15) is 0 Å². The summed E-state index contributed by atoms with van der Waals surface area (Å²) in [5, 5.41) is 1.14. The molecular weight excluding hydrogens is 252 g/mol. The van der Waals surface area contributed by atoms with E-state index < -0.39 is 0 Å². The molecule has 0 saturated carbocycles. The third-order valence-corrected chi connectivity index (χ3v) is 2.70. The number of nitrogens with two attached hydrogens (primary N) is 1. The third kappa shape index (κ3) is 3.24. The summed E-state index contributed by atoms with van der Waals surface area (Å²) in [6.07, 6.45) is 2.09. The molecule has 0 spiro atoms. The molecule has 0 aliphatic heterocycles. The van der Waals surface area contributed by atoms with E-state index in [9.17, 15) is 4.79 Å². The average molecular weight is 269 g/mol. The van der Waals surface area contributed by atoms with Crippen LogP contribution in [0.2, 0.25) is 0 Å². The molecule has 0 aliphatic carbocycles. The van der Waals surface area contributed by atoms with Gasteiger partial charge in [0.15, 0.2) is 0 Å². The normalized spacial score (nSPS) is 11.9. The predicted molar refractivity (Wildman–Crippen MR) is 73.7 cm³/mol. The van der Waals surface area contributed by atoms with Gasteiger partial charge in [-0.15, -0.1) is 12.4 Å². The number of esters is 1. The van der Waals surface area contributed by atoms with E-state index in [4.69, 9.17) is 10.5 Å². The summed E-state index contributed by atoms with van der Waals surface area (Å²) in [4.78, 5) is 14.5. The van der Waals surface area contributed by atoms with E-state index in [2.05, 4.69) is 4.98 Å². The number of hydrogen-bond acceptors (Lipinski definition) is 3. The molecule has 0 unspecified atom stereocenters. The summed E-state index contributed by atoms with van der Waals surface area (Å²) < 4.78 is 4.88. The Morgan fingerprint density at radius 3 is 2.94 bits per heavy atom. The van der Waals surface area contributed by atoms with Crippen LogP contribution in [-0.2, 0) is 9.53 Å². The summed E-state index contributed by atoms with van der Waals surface area (Å²) in [5.74, 6) is -0.258. The van der Waals surface area contributed by atoms with Crippen LogP contribution in [0.1, 0.15) is 24.9 Å². The molecule has 1 aromatic heterocycles. The first-order valence-electron chi connectivity index (χ1n) is 5.69. The standard InChI is InChI=1S/C13H16N2O2.ClH/c1-2-17-13(16)8-11(14)10-4-3-9-5-6-15-12(9)7-10;/h3-7,11,15H,2,8,14H2,1H3;1H/t11-;/m0./s1. The molecule has 18 heavy (non-hydrogen) atoms. The zero-order chi connectivity index (χ0) is 12.3. The SMILES string of the molecule is CCOC(=O)C[C@H](N)c1ccc2cc[nH]c2c1.Cl. The molecule has 0 fully saturated rings. The van der Waals surface area contributed by atoms with Gasteiger partial charge in [-0.3, -0.25) is 4.79 Å². The van der Waals surface area contributed by atoms with Crippen molar-refractivity contribution in [2.45, 2.75) is 19.4 Å². The molecule has 0 bridgehead atoms. The van der Waals surface area contributed by atoms with E-state index in [0.717, 1.165) is 16.5 Å². The molecule has 2 aromatic rings. The molecule has 1 aromatic carbocycles. The van der Waals surface area contributed by atoms with Gasteiger partial charge in [0.05, 0.1) is 13.0 Å². The van der Waals surface area contributed by atoms with Gasteiger partial charge in [0, 0.05) is 17.8 Å². The molecule has 3 N–H and O–H groups in total. The number of hydrogen-bond donors (Lipinski definition) is 2. The molecule has 0 aliphatic rings. The highest BCUT2D eigenvalue weighted by Gasteiger charge is 2.12. The van der Waals surface area contributed by atoms with Crippen LogP contribution in [0.3, 0.4) is 0 Å². The molecule has 0 radical (unpaired) electrons. The lowest BCUT2D eigenvalue weighted by Gasteiger charge is -2.11. The van der Waals surface area contributed by atoms with Crippen LogP contribution in [0, 0.1) is 0 Å². The van der Waals surface area contributed by atoms with Crippen molar-refractivity contribution in [2.24, 2.45) is 5.73 Å². The van der Waals surface area contributed by atoms with E-state index in [0.29, 0.717) is 6.61 Å². The maximum atomic E-state index is 11.3. The molecule has 0 amide bonds. The first kappa shape index (κ1) is 14.5.